The van der Waals surface area contributed by atoms with Crippen molar-refractivity contribution in [1.29, 1.82) is 0 Å². The molecule has 2 N–H and O–H groups in total. The van der Waals surface area contributed by atoms with Gasteiger partial charge in [0.15, 0.2) is 0 Å². The van der Waals surface area contributed by atoms with Crippen LogP contribution < -0.4 is 5.73 Å². The average Bonchev–Trinajstić information content (AvgIpc) is 2.03. The van der Waals surface area contributed by atoms with E-state index >= 15 is 0 Å². The molecule has 0 radical (unpaired) electrons. The molecule has 0 aliphatic rings. The standard InChI is InChI=1S/C7H11F4NO/c1-5(2-12)3-13-4-7(10,11)6(8)9/h6H,1-4,12H2. The third kappa shape index (κ3) is 4.84. The van der Waals surface area contributed by atoms with Gasteiger partial charge in [-0.25, -0.2) is 8.78 Å². The summed E-state index contributed by atoms with van der Waals surface area (Å²) < 4.78 is 51.7. The molecule has 0 spiro atoms. The molecule has 6 heteroatoms. The van der Waals surface area contributed by atoms with Crippen LogP contribution >= 0.6 is 0 Å². The van der Waals surface area contributed by atoms with Crippen LogP contribution in [0.5, 0.6) is 0 Å². The predicted molar refractivity (Wildman–Crippen MR) is 40.0 cm³/mol. The molecule has 0 unspecified atom stereocenters. The zero-order valence-electron chi connectivity index (χ0n) is 6.90. The fraction of sp³-hybridized carbons (Fsp3) is 0.714. The maximum atomic E-state index is 12.2. The number of halogens is 4. The molecule has 0 heterocycles. The van der Waals surface area contributed by atoms with E-state index in [1.807, 2.05) is 0 Å². The predicted octanol–water partition coefficient (Wildman–Crippen LogP) is 1.42. The largest absolute Gasteiger partial charge is 0.371 e. The third-order valence-electron chi connectivity index (χ3n) is 1.21. The van der Waals surface area contributed by atoms with Crippen molar-refractivity contribution >= 4 is 0 Å². The van der Waals surface area contributed by atoms with E-state index < -0.39 is 19.0 Å². The van der Waals surface area contributed by atoms with Crippen LogP contribution in [-0.2, 0) is 4.74 Å². The monoisotopic (exact) mass is 201 g/mol. The molecule has 0 aromatic rings. The first-order chi connectivity index (χ1) is 5.90. The molecule has 0 rings (SSSR count). The van der Waals surface area contributed by atoms with E-state index in [1.54, 1.807) is 0 Å². The highest BCUT2D eigenvalue weighted by atomic mass is 19.3. The van der Waals surface area contributed by atoms with Gasteiger partial charge >= 0.3 is 12.3 Å². The van der Waals surface area contributed by atoms with Gasteiger partial charge in [0.05, 0.1) is 6.61 Å². The van der Waals surface area contributed by atoms with Crippen molar-refractivity contribution in [2.75, 3.05) is 19.8 Å². The van der Waals surface area contributed by atoms with Crippen LogP contribution in [0.15, 0.2) is 12.2 Å². The first-order valence-electron chi connectivity index (χ1n) is 3.50. The summed E-state index contributed by atoms with van der Waals surface area (Å²) in [7, 11) is 0. The number of hydrogen-bond acceptors (Lipinski definition) is 2. The molecule has 0 atom stereocenters. The van der Waals surface area contributed by atoms with E-state index in [0.717, 1.165) is 0 Å². The summed E-state index contributed by atoms with van der Waals surface area (Å²) in [6.07, 6.45) is -3.71. The third-order valence-corrected chi connectivity index (χ3v) is 1.21. The molecular weight excluding hydrogens is 190 g/mol. The highest BCUT2D eigenvalue weighted by Crippen LogP contribution is 2.22. The normalized spacial score (nSPS) is 12.2. The molecule has 0 saturated carbocycles. The van der Waals surface area contributed by atoms with Crippen LogP contribution in [0, 0.1) is 0 Å². The molecule has 78 valence electrons. The molecular formula is C7H11F4NO. The quantitative estimate of drug-likeness (QED) is 0.521. The Morgan fingerprint density at radius 3 is 2.38 bits per heavy atom. The van der Waals surface area contributed by atoms with Gasteiger partial charge in [0.2, 0.25) is 0 Å². The number of rotatable bonds is 6. The van der Waals surface area contributed by atoms with Crippen molar-refractivity contribution in [3.8, 4) is 0 Å². The Balaban J connectivity index is 3.70. The Labute approximate surface area is 73.4 Å². The maximum Gasteiger partial charge on any atom is 0.330 e. The Bertz CT molecular complexity index is 172. The molecule has 0 amide bonds. The lowest BCUT2D eigenvalue weighted by molar-refractivity contribution is -0.163. The zero-order chi connectivity index (χ0) is 10.5. The Morgan fingerprint density at radius 2 is 2.00 bits per heavy atom. The second kappa shape index (κ2) is 5.18. The van der Waals surface area contributed by atoms with Gasteiger partial charge in [-0.3, -0.25) is 0 Å². The number of nitrogens with two attached hydrogens (primary N) is 1. The Hall–Kier alpha value is -0.620. The molecule has 13 heavy (non-hydrogen) atoms. The van der Waals surface area contributed by atoms with Gasteiger partial charge in [0.25, 0.3) is 0 Å². The summed E-state index contributed by atoms with van der Waals surface area (Å²) in [4.78, 5) is 0. The van der Waals surface area contributed by atoms with Crippen molar-refractivity contribution in [1.82, 2.24) is 0 Å². The van der Waals surface area contributed by atoms with Gasteiger partial charge in [0.1, 0.15) is 6.61 Å². The highest BCUT2D eigenvalue weighted by molar-refractivity contribution is 4.95. The lowest BCUT2D eigenvalue weighted by atomic mass is 10.3. The second-order valence-corrected chi connectivity index (χ2v) is 2.51. The minimum absolute atomic E-state index is 0.0836. The van der Waals surface area contributed by atoms with E-state index in [9.17, 15) is 17.6 Å². The highest BCUT2D eigenvalue weighted by Gasteiger charge is 2.40. The van der Waals surface area contributed by atoms with Gasteiger partial charge in [-0.1, -0.05) is 6.58 Å². The molecule has 2 nitrogen and oxygen atoms in total. The smallest absolute Gasteiger partial charge is 0.330 e. The fourth-order valence-electron chi connectivity index (χ4n) is 0.453. The lowest BCUT2D eigenvalue weighted by Gasteiger charge is -2.15. The summed E-state index contributed by atoms with van der Waals surface area (Å²) in [6.45, 7) is 1.90. The molecule has 0 saturated heterocycles. The summed E-state index contributed by atoms with van der Waals surface area (Å²) in [6, 6.07) is 0. The van der Waals surface area contributed by atoms with E-state index in [4.69, 9.17) is 5.73 Å². The topological polar surface area (TPSA) is 35.2 Å². The van der Waals surface area contributed by atoms with Crippen molar-refractivity contribution in [3.63, 3.8) is 0 Å². The van der Waals surface area contributed by atoms with Gasteiger partial charge in [-0.2, -0.15) is 8.78 Å². The zero-order valence-corrected chi connectivity index (χ0v) is 6.90. The van der Waals surface area contributed by atoms with Crippen LogP contribution in [0.4, 0.5) is 17.6 Å². The summed E-state index contributed by atoms with van der Waals surface area (Å²) in [5.74, 6) is -4.10. The van der Waals surface area contributed by atoms with Crippen molar-refractivity contribution in [2.24, 2.45) is 5.73 Å². The maximum absolute atomic E-state index is 12.2. The van der Waals surface area contributed by atoms with Gasteiger partial charge in [-0.05, 0) is 5.57 Å². The summed E-state index contributed by atoms with van der Waals surface area (Å²) in [5, 5.41) is 0. The number of alkyl halides is 4. The molecule has 0 aromatic heterocycles. The molecule has 0 aromatic carbocycles. The van der Waals surface area contributed by atoms with E-state index in [0.29, 0.717) is 5.57 Å². The SMILES string of the molecule is C=C(CN)COCC(F)(F)C(F)F. The Kier molecular flexibility index (Phi) is 4.94. The van der Waals surface area contributed by atoms with Crippen LogP contribution in [0.25, 0.3) is 0 Å². The van der Waals surface area contributed by atoms with Crippen LogP contribution in [0.1, 0.15) is 0 Å². The fourth-order valence-corrected chi connectivity index (χ4v) is 0.453. The summed E-state index contributed by atoms with van der Waals surface area (Å²) in [5.41, 5.74) is 5.45. The number of ether oxygens (including phenoxy) is 1. The van der Waals surface area contributed by atoms with Crippen LogP contribution in [0.2, 0.25) is 0 Å². The first-order valence-corrected chi connectivity index (χ1v) is 3.50. The first kappa shape index (κ1) is 12.4. The van der Waals surface area contributed by atoms with E-state index in [-0.39, 0.29) is 13.2 Å². The van der Waals surface area contributed by atoms with Crippen molar-refractivity contribution in [2.45, 2.75) is 12.3 Å². The minimum atomic E-state index is -4.10. The molecule has 0 fully saturated rings. The minimum Gasteiger partial charge on any atom is -0.371 e. The number of hydrogen-bond donors (Lipinski definition) is 1. The summed E-state index contributed by atoms with van der Waals surface area (Å²) >= 11 is 0. The molecule has 0 bridgehead atoms. The molecule has 0 aliphatic heterocycles. The van der Waals surface area contributed by atoms with Crippen LogP contribution in [-0.4, -0.2) is 32.1 Å². The van der Waals surface area contributed by atoms with Gasteiger partial charge < -0.3 is 10.5 Å². The van der Waals surface area contributed by atoms with Crippen molar-refractivity contribution < 1.29 is 22.3 Å². The Morgan fingerprint density at radius 1 is 1.46 bits per heavy atom. The lowest BCUT2D eigenvalue weighted by Crippen LogP contribution is -2.32. The van der Waals surface area contributed by atoms with Gasteiger partial charge in [-0.15, -0.1) is 0 Å². The van der Waals surface area contributed by atoms with Crippen molar-refractivity contribution in [3.05, 3.63) is 12.2 Å². The van der Waals surface area contributed by atoms with E-state index in [2.05, 4.69) is 11.3 Å². The molecule has 0 aliphatic carbocycles. The van der Waals surface area contributed by atoms with E-state index in [1.165, 1.54) is 0 Å². The average molecular weight is 201 g/mol. The van der Waals surface area contributed by atoms with Gasteiger partial charge in [0, 0.05) is 6.54 Å². The second-order valence-electron chi connectivity index (χ2n) is 2.51. The van der Waals surface area contributed by atoms with Crippen LogP contribution in [0.3, 0.4) is 0 Å².